The number of likely N-dealkylation sites (tertiary alicyclic amines) is 1. The van der Waals surface area contributed by atoms with Crippen LogP contribution in [0, 0.1) is 11.8 Å². The largest absolute Gasteiger partial charge is 0.342 e. The van der Waals surface area contributed by atoms with Gasteiger partial charge in [-0.2, -0.15) is 0 Å². The van der Waals surface area contributed by atoms with Crippen molar-refractivity contribution in [1.82, 2.24) is 4.90 Å². The average molecular weight is 284 g/mol. The molecule has 1 amide bonds. The molecule has 1 aliphatic heterocycles. The predicted octanol–water partition coefficient (Wildman–Crippen LogP) is 2.30. The molecule has 2 fully saturated rings. The van der Waals surface area contributed by atoms with Gasteiger partial charge in [0.15, 0.2) is 0 Å². The fraction of sp³-hybridized carbons (Fsp3) is 0.611. The van der Waals surface area contributed by atoms with Gasteiger partial charge in [0, 0.05) is 19.1 Å². The van der Waals surface area contributed by atoms with E-state index in [2.05, 4.69) is 29.2 Å². The molecule has 4 unspecified atom stereocenters. The molecule has 0 radical (unpaired) electrons. The standard InChI is InChI=1S/C18H24N2O/c19-17-9-8-13-10-20(11-16(13)17)18(21)15-7-3-5-12-4-1-2-6-14(12)15/h1-2,4,6,13,15-17H,3,5,7-11,19H2. The van der Waals surface area contributed by atoms with Crippen molar-refractivity contribution in [2.24, 2.45) is 17.6 Å². The lowest BCUT2D eigenvalue weighted by atomic mass is 9.82. The van der Waals surface area contributed by atoms with Crippen molar-refractivity contribution in [2.75, 3.05) is 13.1 Å². The summed E-state index contributed by atoms with van der Waals surface area (Å²) < 4.78 is 0. The molecule has 2 aliphatic carbocycles. The van der Waals surface area contributed by atoms with Crippen molar-refractivity contribution in [3.63, 3.8) is 0 Å². The molecular formula is C18H24N2O. The summed E-state index contributed by atoms with van der Waals surface area (Å²) in [5, 5.41) is 0. The number of nitrogens with zero attached hydrogens (tertiary/aromatic N) is 1. The number of hydrogen-bond acceptors (Lipinski definition) is 2. The number of fused-ring (bicyclic) bond motifs is 2. The first-order chi connectivity index (χ1) is 10.2. The Labute approximate surface area is 126 Å². The summed E-state index contributed by atoms with van der Waals surface area (Å²) in [4.78, 5) is 15.1. The van der Waals surface area contributed by atoms with Gasteiger partial charge in [0.2, 0.25) is 5.91 Å². The van der Waals surface area contributed by atoms with Gasteiger partial charge in [-0.1, -0.05) is 24.3 Å². The first-order valence-corrected chi connectivity index (χ1v) is 8.36. The Morgan fingerprint density at radius 2 is 2.00 bits per heavy atom. The van der Waals surface area contributed by atoms with E-state index >= 15 is 0 Å². The molecule has 1 saturated carbocycles. The van der Waals surface area contributed by atoms with Crippen LogP contribution in [0.1, 0.15) is 42.7 Å². The number of aryl methyl sites for hydroxylation is 1. The Balaban J connectivity index is 1.54. The third kappa shape index (κ3) is 2.18. The highest BCUT2D eigenvalue weighted by Crippen LogP contribution is 2.40. The van der Waals surface area contributed by atoms with Gasteiger partial charge in [-0.25, -0.2) is 0 Å². The van der Waals surface area contributed by atoms with E-state index in [0.29, 0.717) is 23.8 Å². The second-order valence-corrected chi connectivity index (χ2v) is 7.05. The molecule has 0 bridgehead atoms. The third-order valence-electron chi connectivity index (χ3n) is 5.89. The van der Waals surface area contributed by atoms with Crippen molar-refractivity contribution >= 4 is 5.91 Å². The molecule has 1 heterocycles. The molecular weight excluding hydrogens is 260 g/mol. The van der Waals surface area contributed by atoms with E-state index in [1.165, 1.54) is 17.5 Å². The number of rotatable bonds is 1. The van der Waals surface area contributed by atoms with Gasteiger partial charge in [0.1, 0.15) is 0 Å². The van der Waals surface area contributed by atoms with Crippen LogP contribution < -0.4 is 5.73 Å². The molecule has 4 rings (SSSR count). The second-order valence-electron chi connectivity index (χ2n) is 7.05. The summed E-state index contributed by atoms with van der Waals surface area (Å²) in [7, 11) is 0. The van der Waals surface area contributed by atoms with Gasteiger partial charge >= 0.3 is 0 Å². The highest BCUT2D eigenvalue weighted by molar-refractivity contribution is 5.84. The minimum atomic E-state index is 0.0880. The number of amides is 1. The number of benzene rings is 1. The Morgan fingerprint density at radius 1 is 1.14 bits per heavy atom. The Morgan fingerprint density at radius 3 is 2.86 bits per heavy atom. The smallest absolute Gasteiger partial charge is 0.230 e. The number of carbonyl (C=O) groups is 1. The number of nitrogens with two attached hydrogens (primary N) is 1. The molecule has 21 heavy (non-hydrogen) atoms. The maximum Gasteiger partial charge on any atom is 0.230 e. The van der Waals surface area contributed by atoms with Gasteiger partial charge in [-0.3, -0.25) is 4.79 Å². The zero-order valence-corrected chi connectivity index (χ0v) is 12.5. The van der Waals surface area contributed by atoms with Gasteiger partial charge < -0.3 is 10.6 Å². The lowest BCUT2D eigenvalue weighted by molar-refractivity contribution is -0.132. The second kappa shape index (κ2) is 5.13. The molecule has 4 atom stereocenters. The molecule has 3 aliphatic rings. The quantitative estimate of drug-likeness (QED) is 0.860. The average Bonchev–Trinajstić information content (AvgIpc) is 3.08. The van der Waals surface area contributed by atoms with Crippen molar-refractivity contribution in [3.05, 3.63) is 35.4 Å². The minimum Gasteiger partial charge on any atom is -0.342 e. The molecule has 0 aromatic heterocycles. The van der Waals surface area contributed by atoms with Crippen molar-refractivity contribution in [3.8, 4) is 0 Å². The zero-order chi connectivity index (χ0) is 14.4. The van der Waals surface area contributed by atoms with E-state index < -0.39 is 0 Å². The fourth-order valence-corrected chi connectivity index (χ4v) is 4.72. The van der Waals surface area contributed by atoms with Gasteiger partial charge in [0.25, 0.3) is 0 Å². The van der Waals surface area contributed by atoms with Gasteiger partial charge in [-0.15, -0.1) is 0 Å². The summed E-state index contributed by atoms with van der Waals surface area (Å²) in [5.74, 6) is 1.64. The molecule has 1 aromatic rings. The van der Waals surface area contributed by atoms with E-state index in [0.717, 1.165) is 38.8 Å². The van der Waals surface area contributed by atoms with Crippen LogP contribution >= 0.6 is 0 Å². The van der Waals surface area contributed by atoms with E-state index in [1.54, 1.807) is 0 Å². The normalized spacial score (nSPS) is 34.6. The molecule has 3 heteroatoms. The first-order valence-electron chi connectivity index (χ1n) is 8.36. The highest BCUT2D eigenvalue weighted by atomic mass is 16.2. The third-order valence-corrected chi connectivity index (χ3v) is 5.89. The van der Waals surface area contributed by atoms with Crippen LogP contribution in [0.25, 0.3) is 0 Å². The summed E-state index contributed by atoms with van der Waals surface area (Å²) in [6, 6.07) is 8.80. The van der Waals surface area contributed by atoms with Crippen LogP contribution in [0.5, 0.6) is 0 Å². The van der Waals surface area contributed by atoms with Crippen molar-refractivity contribution < 1.29 is 4.79 Å². The lowest BCUT2D eigenvalue weighted by Crippen LogP contribution is -2.37. The van der Waals surface area contributed by atoms with Crippen LogP contribution in [0.3, 0.4) is 0 Å². The molecule has 1 saturated heterocycles. The number of carbonyl (C=O) groups excluding carboxylic acids is 1. The van der Waals surface area contributed by atoms with Crippen LogP contribution in [0.15, 0.2) is 24.3 Å². The maximum atomic E-state index is 13.0. The topological polar surface area (TPSA) is 46.3 Å². The molecule has 2 N–H and O–H groups in total. The zero-order valence-electron chi connectivity index (χ0n) is 12.5. The summed E-state index contributed by atoms with van der Waals surface area (Å²) in [6.07, 6.45) is 5.61. The highest BCUT2D eigenvalue weighted by Gasteiger charge is 2.44. The Hall–Kier alpha value is -1.35. The SMILES string of the molecule is NC1CCC2CN(C(=O)C3CCCc4ccccc43)CC12. The number of hydrogen-bond donors (Lipinski definition) is 1. The monoisotopic (exact) mass is 284 g/mol. The Kier molecular flexibility index (Phi) is 3.26. The van der Waals surface area contributed by atoms with Crippen molar-refractivity contribution in [1.29, 1.82) is 0 Å². The van der Waals surface area contributed by atoms with E-state index in [-0.39, 0.29) is 5.92 Å². The summed E-state index contributed by atoms with van der Waals surface area (Å²) in [5.41, 5.74) is 8.85. The van der Waals surface area contributed by atoms with E-state index in [4.69, 9.17) is 5.73 Å². The fourth-order valence-electron chi connectivity index (χ4n) is 4.72. The van der Waals surface area contributed by atoms with Crippen LogP contribution in [-0.2, 0) is 11.2 Å². The van der Waals surface area contributed by atoms with Crippen molar-refractivity contribution in [2.45, 2.75) is 44.1 Å². The summed E-state index contributed by atoms with van der Waals surface area (Å²) >= 11 is 0. The van der Waals surface area contributed by atoms with Crippen LogP contribution in [0.2, 0.25) is 0 Å². The minimum absolute atomic E-state index is 0.0880. The van der Waals surface area contributed by atoms with Gasteiger partial charge in [0.05, 0.1) is 5.92 Å². The molecule has 1 aromatic carbocycles. The van der Waals surface area contributed by atoms with E-state index in [1.807, 2.05) is 0 Å². The molecule has 0 spiro atoms. The maximum absolute atomic E-state index is 13.0. The predicted molar refractivity (Wildman–Crippen MR) is 82.9 cm³/mol. The first kappa shape index (κ1) is 13.3. The molecule has 3 nitrogen and oxygen atoms in total. The lowest BCUT2D eigenvalue weighted by Gasteiger charge is -2.29. The van der Waals surface area contributed by atoms with Gasteiger partial charge in [-0.05, 0) is 55.1 Å². The van der Waals surface area contributed by atoms with E-state index in [9.17, 15) is 4.79 Å². The van der Waals surface area contributed by atoms with Crippen LogP contribution in [-0.4, -0.2) is 29.9 Å². The Bertz CT molecular complexity index is 556. The van der Waals surface area contributed by atoms with Crippen LogP contribution in [0.4, 0.5) is 0 Å². The summed E-state index contributed by atoms with van der Waals surface area (Å²) in [6.45, 7) is 1.83. The molecule has 112 valence electrons.